The molecule has 0 fully saturated rings. The number of rotatable bonds is 1. The van der Waals surface area contributed by atoms with Crippen molar-refractivity contribution in [1.29, 1.82) is 0 Å². The van der Waals surface area contributed by atoms with E-state index in [1.165, 1.54) is 0 Å². The second kappa shape index (κ2) is 5.35. The second-order valence-corrected chi connectivity index (χ2v) is 7.36. The topological polar surface area (TPSA) is 59.1 Å². The lowest BCUT2D eigenvalue weighted by atomic mass is 9.67. The largest absolute Gasteiger partial charge is 0.507 e. The standard InChI is InChI=1S/C22H22N2O/c1-13-20-16(12-14-8-4-6-10-17(14)24-20)19(21(23)22(13,2)3)15-9-5-7-11-18(15)25/h4-13,25H,23H2,1-3H3. The highest BCUT2D eigenvalue weighted by atomic mass is 16.3. The summed E-state index contributed by atoms with van der Waals surface area (Å²) in [6.45, 7) is 6.47. The van der Waals surface area contributed by atoms with Gasteiger partial charge in [0.25, 0.3) is 0 Å². The van der Waals surface area contributed by atoms with E-state index in [0.717, 1.165) is 39.0 Å². The summed E-state index contributed by atoms with van der Waals surface area (Å²) >= 11 is 0. The van der Waals surface area contributed by atoms with Crippen molar-refractivity contribution in [2.75, 3.05) is 0 Å². The Morgan fingerprint density at radius 3 is 2.44 bits per heavy atom. The summed E-state index contributed by atoms with van der Waals surface area (Å²) in [7, 11) is 0. The molecule has 1 aliphatic carbocycles. The first kappa shape index (κ1) is 15.7. The molecule has 2 aromatic carbocycles. The molecule has 1 aliphatic rings. The van der Waals surface area contributed by atoms with E-state index in [9.17, 15) is 5.11 Å². The number of hydrogen-bond donors (Lipinski definition) is 2. The van der Waals surface area contributed by atoms with Crippen molar-refractivity contribution in [3.8, 4) is 5.75 Å². The van der Waals surface area contributed by atoms with Gasteiger partial charge in [-0.1, -0.05) is 57.2 Å². The quantitative estimate of drug-likeness (QED) is 0.673. The average molecular weight is 330 g/mol. The Kier molecular flexibility index (Phi) is 3.36. The maximum atomic E-state index is 10.4. The van der Waals surface area contributed by atoms with Crippen molar-refractivity contribution in [1.82, 2.24) is 4.98 Å². The average Bonchev–Trinajstić information content (AvgIpc) is 2.61. The van der Waals surface area contributed by atoms with E-state index in [2.05, 4.69) is 32.9 Å². The van der Waals surface area contributed by atoms with Crippen LogP contribution < -0.4 is 5.73 Å². The summed E-state index contributed by atoms with van der Waals surface area (Å²) in [6, 6.07) is 17.6. The molecule has 25 heavy (non-hydrogen) atoms. The van der Waals surface area contributed by atoms with Crippen LogP contribution in [0.3, 0.4) is 0 Å². The van der Waals surface area contributed by atoms with E-state index in [1.54, 1.807) is 6.07 Å². The number of pyridine rings is 1. The fourth-order valence-corrected chi connectivity index (χ4v) is 3.68. The highest BCUT2D eigenvalue weighted by Gasteiger charge is 2.40. The number of hydrogen-bond acceptors (Lipinski definition) is 3. The molecule has 0 aliphatic heterocycles. The fraction of sp³-hybridized carbons (Fsp3) is 0.227. The Morgan fingerprint density at radius 2 is 1.68 bits per heavy atom. The molecule has 3 aromatic rings. The lowest BCUT2D eigenvalue weighted by Gasteiger charge is -2.39. The molecular weight excluding hydrogens is 308 g/mol. The molecule has 4 rings (SSSR count). The van der Waals surface area contributed by atoms with E-state index in [0.29, 0.717) is 0 Å². The van der Waals surface area contributed by atoms with E-state index in [1.807, 2.05) is 36.4 Å². The molecule has 1 aromatic heterocycles. The molecule has 3 N–H and O–H groups in total. The normalized spacial score (nSPS) is 19.1. The van der Waals surface area contributed by atoms with Crippen molar-refractivity contribution in [2.45, 2.75) is 26.7 Å². The van der Waals surface area contributed by atoms with Crippen LogP contribution in [0.5, 0.6) is 5.75 Å². The predicted molar refractivity (Wildman–Crippen MR) is 102 cm³/mol. The van der Waals surface area contributed by atoms with Crippen molar-refractivity contribution in [3.63, 3.8) is 0 Å². The number of phenols is 1. The van der Waals surface area contributed by atoms with Crippen LogP contribution in [0.25, 0.3) is 16.5 Å². The van der Waals surface area contributed by atoms with E-state index >= 15 is 0 Å². The number of aromatic hydroxyl groups is 1. The number of nitrogens with zero attached hydrogens (tertiary/aromatic N) is 1. The number of benzene rings is 2. The van der Waals surface area contributed by atoms with E-state index in [-0.39, 0.29) is 17.1 Å². The molecule has 1 heterocycles. The molecular formula is C22H22N2O. The van der Waals surface area contributed by atoms with Crippen LogP contribution in [0, 0.1) is 5.41 Å². The van der Waals surface area contributed by atoms with Crippen LogP contribution in [-0.4, -0.2) is 10.1 Å². The van der Waals surface area contributed by atoms with Crippen LogP contribution in [0.4, 0.5) is 0 Å². The van der Waals surface area contributed by atoms with E-state index in [4.69, 9.17) is 10.7 Å². The zero-order valence-corrected chi connectivity index (χ0v) is 14.7. The minimum Gasteiger partial charge on any atom is -0.507 e. The van der Waals surface area contributed by atoms with Crippen LogP contribution in [0.15, 0.2) is 60.3 Å². The highest BCUT2D eigenvalue weighted by molar-refractivity contribution is 5.92. The molecule has 0 radical (unpaired) electrons. The van der Waals surface area contributed by atoms with Gasteiger partial charge in [0.1, 0.15) is 5.75 Å². The zero-order chi connectivity index (χ0) is 17.8. The molecule has 0 spiro atoms. The van der Waals surface area contributed by atoms with Crippen molar-refractivity contribution >= 4 is 16.5 Å². The van der Waals surface area contributed by atoms with Gasteiger partial charge in [0.15, 0.2) is 0 Å². The van der Waals surface area contributed by atoms with Gasteiger partial charge in [-0.2, -0.15) is 0 Å². The van der Waals surface area contributed by atoms with Crippen LogP contribution in [-0.2, 0) is 0 Å². The first-order valence-corrected chi connectivity index (χ1v) is 8.60. The number of aromatic nitrogens is 1. The van der Waals surface area contributed by atoms with Gasteiger partial charge in [0, 0.05) is 39.1 Å². The lowest BCUT2D eigenvalue weighted by molar-refractivity contribution is 0.353. The first-order chi connectivity index (χ1) is 11.9. The molecule has 0 bridgehead atoms. The number of para-hydroxylation sites is 2. The van der Waals surface area contributed by atoms with Gasteiger partial charge in [-0.15, -0.1) is 0 Å². The lowest BCUT2D eigenvalue weighted by Crippen LogP contribution is -2.33. The first-order valence-electron chi connectivity index (χ1n) is 8.60. The van der Waals surface area contributed by atoms with Gasteiger partial charge < -0.3 is 10.8 Å². The maximum absolute atomic E-state index is 10.4. The Labute approximate surface area is 147 Å². The Bertz CT molecular complexity index is 1020. The van der Waals surface area contributed by atoms with Gasteiger partial charge in [-0.25, -0.2) is 0 Å². The number of allylic oxidation sites excluding steroid dienone is 1. The Balaban J connectivity index is 2.11. The summed E-state index contributed by atoms with van der Waals surface area (Å²) < 4.78 is 0. The minimum absolute atomic E-state index is 0.182. The summed E-state index contributed by atoms with van der Waals surface area (Å²) in [5.74, 6) is 0.423. The van der Waals surface area contributed by atoms with Gasteiger partial charge >= 0.3 is 0 Å². The van der Waals surface area contributed by atoms with E-state index < -0.39 is 0 Å². The monoisotopic (exact) mass is 330 g/mol. The molecule has 0 saturated carbocycles. The molecule has 1 unspecified atom stereocenters. The van der Waals surface area contributed by atoms with Crippen molar-refractivity contribution in [3.05, 3.63) is 77.1 Å². The zero-order valence-electron chi connectivity index (χ0n) is 14.7. The highest BCUT2D eigenvalue weighted by Crippen LogP contribution is 2.51. The molecule has 3 heteroatoms. The molecule has 0 saturated heterocycles. The number of nitrogens with two attached hydrogens (primary N) is 1. The summed E-state index contributed by atoms with van der Waals surface area (Å²) in [5, 5.41) is 11.5. The van der Waals surface area contributed by atoms with Gasteiger partial charge in [0.2, 0.25) is 0 Å². The molecule has 1 atom stereocenters. The van der Waals surface area contributed by atoms with Gasteiger partial charge in [0.05, 0.1) is 11.2 Å². The third kappa shape index (κ3) is 2.23. The molecule has 3 nitrogen and oxygen atoms in total. The number of phenolic OH excluding ortho intramolecular Hbond substituents is 1. The third-order valence-corrected chi connectivity index (χ3v) is 5.65. The van der Waals surface area contributed by atoms with Gasteiger partial charge in [-0.05, 0) is 18.2 Å². The minimum atomic E-state index is -0.250. The van der Waals surface area contributed by atoms with Crippen molar-refractivity contribution in [2.24, 2.45) is 11.1 Å². The summed E-state index contributed by atoms with van der Waals surface area (Å²) in [4.78, 5) is 4.96. The third-order valence-electron chi connectivity index (χ3n) is 5.65. The SMILES string of the molecule is CC1c2nc3ccccc3cc2C(c2ccccc2O)=C(N)C1(C)C. The van der Waals surface area contributed by atoms with Crippen LogP contribution in [0.2, 0.25) is 0 Å². The van der Waals surface area contributed by atoms with Crippen molar-refractivity contribution < 1.29 is 5.11 Å². The molecule has 0 amide bonds. The second-order valence-electron chi connectivity index (χ2n) is 7.36. The number of fused-ring (bicyclic) bond motifs is 2. The van der Waals surface area contributed by atoms with Gasteiger partial charge in [-0.3, -0.25) is 4.98 Å². The van der Waals surface area contributed by atoms with Crippen LogP contribution >= 0.6 is 0 Å². The fourth-order valence-electron chi connectivity index (χ4n) is 3.68. The summed E-state index contributed by atoms with van der Waals surface area (Å²) in [6.07, 6.45) is 0. The maximum Gasteiger partial charge on any atom is 0.123 e. The van der Waals surface area contributed by atoms with Crippen LogP contribution in [0.1, 0.15) is 43.5 Å². The Morgan fingerprint density at radius 1 is 1.00 bits per heavy atom. The Hall–Kier alpha value is -2.81. The molecule has 126 valence electrons. The smallest absolute Gasteiger partial charge is 0.123 e. The summed E-state index contributed by atoms with van der Waals surface area (Å²) in [5.41, 5.74) is 11.9. The predicted octanol–water partition coefficient (Wildman–Crippen LogP) is 4.80.